The molecule has 0 bridgehead atoms. The van der Waals surface area contributed by atoms with Crippen LogP contribution in [0.2, 0.25) is 0 Å². The second-order valence-electron chi connectivity index (χ2n) is 4.20. The molecule has 0 aromatic heterocycles. The average molecular weight is 218 g/mol. The first-order valence-electron chi connectivity index (χ1n) is 5.37. The lowest BCUT2D eigenvalue weighted by molar-refractivity contribution is -0.154. The number of Topliss-reactive ketones (excluding diaryl/α,β-unsaturated/α-hetero) is 1. The van der Waals surface area contributed by atoms with Crippen LogP contribution < -0.4 is 0 Å². The Morgan fingerprint density at radius 1 is 1.25 bits per heavy atom. The van der Waals surface area contributed by atoms with Crippen LogP contribution in [0.1, 0.15) is 25.3 Å². The van der Waals surface area contributed by atoms with Crippen LogP contribution in [0.3, 0.4) is 0 Å². The highest BCUT2D eigenvalue weighted by molar-refractivity contribution is 6.05. The van der Waals surface area contributed by atoms with Gasteiger partial charge in [-0.25, -0.2) is 0 Å². The quantitative estimate of drug-likeness (QED) is 0.574. The van der Waals surface area contributed by atoms with Crippen molar-refractivity contribution in [2.24, 2.45) is 5.41 Å². The van der Waals surface area contributed by atoms with Crippen molar-refractivity contribution in [2.45, 2.75) is 26.4 Å². The minimum Gasteiger partial charge on any atom is -0.460 e. The lowest BCUT2D eigenvalue weighted by atomic mass is 10.0. The normalized spacial score (nSPS) is 16.6. The van der Waals surface area contributed by atoms with E-state index < -0.39 is 5.41 Å². The lowest BCUT2D eigenvalue weighted by Crippen LogP contribution is -2.25. The van der Waals surface area contributed by atoms with Gasteiger partial charge in [0.15, 0.2) is 0 Å². The Hall–Kier alpha value is -1.64. The second kappa shape index (κ2) is 4.08. The molecular formula is C13H14O3. The minimum atomic E-state index is -0.811. The van der Waals surface area contributed by atoms with Crippen LogP contribution in [-0.2, 0) is 20.9 Å². The maximum Gasteiger partial charge on any atom is 0.319 e. The van der Waals surface area contributed by atoms with Crippen molar-refractivity contribution in [1.29, 1.82) is 0 Å². The predicted molar refractivity (Wildman–Crippen MR) is 58.6 cm³/mol. The molecule has 0 amide bonds. The molecule has 0 aliphatic heterocycles. The van der Waals surface area contributed by atoms with E-state index in [0.29, 0.717) is 12.8 Å². The molecule has 1 aliphatic carbocycles. The summed E-state index contributed by atoms with van der Waals surface area (Å²) in [5.74, 6) is -0.450. The van der Waals surface area contributed by atoms with Crippen molar-refractivity contribution in [1.82, 2.24) is 0 Å². The van der Waals surface area contributed by atoms with Crippen molar-refractivity contribution >= 4 is 11.8 Å². The van der Waals surface area contributed by atoms with Gasteiger partial charge in [0.1, 0.15) is 17.8 Å². The topological polar surface area (TPSA) is 43.4 Å². The zero-order valence-electron chi connectivity index (χ0n) is 9.23. The second-order valence-corrected chi connectivity index (χ2v) is 4.20. The molecule has 2 rings (SSSR count). The molecule has 1 aliphatic rings. The van der Waals surface area contributed by atoms with Gasteiger partial charge in [0.25, 0.3) is 0 Å². The maximum absolute atomic E-state index is 11.7. The molecule has 3 heteroatoms. The summed E-state index contributed by atoms with van der Waals surface area (Å²) < 4.78 is 5.16. The number of hydrogen-bond donors (Lipinski definition) is 0. The Bertz CT molecular complexity index is 404. The summed E-state index contributed by atoms with van der Waals surface area (Å²) in [6.07, 6.45) is 1.27. The molecule has 0 heterocycles. The predicted octanol–water partition coefficient (Wildman–Crippen LogP) is 2.10. The third-order valence-corrected chi connectivity index (χ3v) is 3.03. The molecule has 0 saturated heterocycles. The van der Waals surface area contributed by atoms with E-state index in [2.05, 4.69) is 0 Å². The van der Waals surface area contributed by atoms with Crippen LogP contribution in [0.25, 0.3) is 0 Å². The van der Waals surface area contributed by atoms with E-state index in [9.17, 15) is 9.59 Å². The number of rotatable bonds is 4. The van der Waals surface area contributed by atoms with Crippen LogP contribution >= 0.6 is 0 Å². The van der Waals surface area contributed by atoms with Crippen LogP contribution in [-0.4, -0.2) is 11.8 Å². The van der Waals surface area contributed by atoms with Gasteiger partial charge in [0.2, 0.25) is 0 Å². The van der Waals surface area contributed by atoms with Crippen LogP contribution in [0, 0.1) is 5.41 Å². The Labute approximate surface area is 94.4 Å². The highest BCUT2D eigenvalue weighted by Crippen LogP contribution is 2.47. The Balaban J connectivity index is 1.92. The first-order valence-corrected chi connectivity index (χ1v) is 5.37. The Morgan fingerprint density at radius 3 is 2.38 bits per heavy atom. The molecule has 16 heavy (non-hydrogen) atoms. The number of ether oxygens (including phenoxy) is 1. The summed E-state index contributed by atoms with van der Waals surface area (Å²) in [5, 5.41) is 0. The fourth-order valence-electron chi connectivity index (χ4n) is 1.69. The number of carbonyl (C=O) groups is 2. The average Bonchev–Trinajstić information content (AvgIpc) is 3.08. The van der Waals surface area contributed by atoms with Crippen LogP contribution in [0.15, 0.2) is 30.3 Å². The molecule has 0 unspecified atom stereocenters. The first kappa shape index (κ1) is 10.9. The molecule has 0 spiro atoms. The number of carbonyl (C=O) groups excluding carboxylic acids is 2. The first-order chi connectivity index (χ1) is 7.65. The molecule has 1 fully saturated rings. The Morgan fingerprint density at radius 2 is 1.88 bits per heavy atom. The van der Waals surface area contributed by atoms with Gasteiger partial charge in [0, 0.05) is 0 Å². The molecule has 0 radical (unpaired) electrons. The van der Waals surface area contributed by atoms with Crippen molar-refractivity contribution in [3.8, 4) is 0 Å². The van der Waals surface area contributed by atoms with Crippen molar-refractivity contribution in [3.05, 3.63) is 35.9 Å². The van der Waals surface area contributed by atoms with Crippen molar-refractivity contribution in [2.75, 3.05) is 0 Å². The summed E-state index contributed by atoms with van der Waals surface area (Å²) in [4.78, 5) is 23.0. The fraction of sp³-hybridized carbons (Fsp3) is 0.385. The highest BCUT2D eigenvalue weighted by Gasteiger charge is 2.55. The SMILES string of the molecule is CC(=O)C1(C(=O)OCc2ccccc2)CC1. The monoisotopic (exact) mass is 218 g/mol. The van der Waals surface area contributed by atoms with Crippen molar-refractivity contribution < 1.29 is 14.3 Å². The van der Waals surface area contributed by atoms with E-state index >= 15 is 0 Å². The molecule has 0 N–H and O–H groups in total. The molecule has 0 atom stereocenters. The van der Waals surface area contributed by atoms with E-state index in [-0.39, 0.29) is 18.4 Å². The van der Waals surface area contributed by atoms with Crippen LogP contribution in [0.4, 0.5) is 0 Å². The molecule has 1 aromatic rings. The Kier molecular flexibility index (Phi) is 2.77. The van der Waals surface area contributed by atoms with E-state index in [0.717, 1.165) is 5.56 Å². The van der Waals surface area contributed by atoms with E-state index in [4.69, 9.17) is 4.74 Å². The minimum absolute atomic E-state index is 0.0782. The number of ketones is 1. The zero-order valence-corrected chi connectivity index (χ0v) is 9.23. The van der Waals surface area contributed by atoms with Gasteiger partial charge >= 0.3 is 5.97 Å². The maximum atomic E-state index is 11.7. The van der Waals surface area contributed by atoms with E-state index in [1.165, 1.54) is 6.92 Å². The summed E-state index contributed by atoms with van der Waals surface area (Å²) in [6.45, 7) is 1.70. The summed E-state index contributed by atoms with van der Waals surface area (Å²) in [6, 6.07) is 9.46. The van der Waals surface area contributed by atoms with Crippen molar-refractivity contribution in [3.63, 3.8) is 0 Å². The third kappa shape index (κ3) is 1.98. The largest absolute Gasteiger partial charge is 0.460 e. The molecule has 1 aromatic carbocycles. The molecular weight excluding hydrogens is 204 g/mol. The van der Waals surface area contributed by atoms with Gasteiger partial charge in [-0.05, 0) is 25.3 Å². The fourth-order valence-corrected chi connectivity index (χ4v) is 1.69. The standard InChI is InChI=1S/C13H14O3/c1-10(14)13(7-8-13)12(15)16-9-11-5-3-2-4-6-11/h2-6H,7-9H2,1H3. The van der Waals surface area contributed by atoms with Gasteiger partial charge in [0.05, 0.1) is 0 Å². The van der Waals surface area contributed by atoms with Gasteiger partial charge in [-0.15, -0.1) is 0 Å². The molecule has 3 nitrogen and oxygen atoms in total. The van der Waals surface area contributed by atoms with E-state index in [1.807, 2.05) is 30.3 Å². The van der Waals surface area contributed by atoms with Crippen LogP contribution in [0.5, 0.6) is 0 Å². The summed E-state index contributed by atoms with van der Waals surface area (Å²) in [5.41, 5.74) is 0.129. The zero-order chi connectivity index (χ0) is 11.6. The number of esters is 1. The highest BCUT2D eigenvalue weighted by atomic mass is 16.5. The summed E-state index contributed by atoms with van der Waals surface area (Å²) in [7, 11) is 0. The number of hydrogen-bond acceptors (Lipinski definition) is 3. The van der Waals surface area contributed by atoms with Gasteiger partial charge in [-0.2, -0.15) is 0 Å². The lowest BCUT2D eigenvalue weighted by Gasteiger charge is -2.10. The van der Waals surface area contributed by atoms with Gasteiger partial charge in [-0.1, -0.05) is 30.3 Å². The van der Waals surface area contributed by atoms with E-state index in [1.54, 1.807) is 0 Å². The smallest absolute Gasteiger partial charge is 0.319 e. The molecule has 84 valence electrons. The summed E-state index contributed by atoms with van der Waals surface area (Å²) >= 11 is 0. The molecule has 1 saturated carbocycles. The van der Waals surface area contributed by atoms with Gasteiger partial charge in [-0.3, -0.25) is 9.59 Å². The van der Waals surface area contributed by atoms with Gasteiger partial charge < -0.3 is 4.74 Å². The number of benzene rings is 1. The third-order valence-electron chi connectivity index (χ3n) is 3.03.